The van der Waals surface area contributed by atoms with Crippen molar-refractivity contribution in [2.45, 2.75) is 39.0 Å². The normalized spacial score (nSPS) is 31.4. The van der Waals surface area contributed by atoms with Gasteiger partial charge in [-0.2, -0.15) is 0 Å². The molecule has 1 aliphatic heterocycles. The Morgan fingerprint density at radius 1 is 0.889 bits per heavy atom. The highest BCUT2D eigenvalue weighted by atomic mass is 31.2. The molecule has 18 heavy (non-hydrogen) atoms. The van der Waals surface area contributed by atoms with E-state index in [0.29, 0.717) is 11.8 Å². The van der Waals surface area contributed by atoms with Crippen molar-refractivity contribution in [1.29, 1.82) is 0 Å². The molecule has 2 rings (SSSR count). The van der Waals surface area contributed by atoms with Crippen molar-refractivity contribution in [2.75, 3.05) is 0 Å². The van der Waals surface area contributed by atoms with Gasteiger partial charge in [0.15, 0.2) is 0 Å². The molecule has 1 aromatic carbocycles. The van der Waals surface area contributed by atoms with Crippen molar-refractivity contribution in [3.05, 3.63) is 42.5 Å². The second-order valence-corrected chi connectivity index (χ2v) is 9.03. The van der Waals surface area contributed by atoms with Gasteiger partial charge in [-0.3, -0.25) is 0 Å². The molecule has 0 bridgehead atoms. The summed E-state index contributed by atoms with van der Waals surface area (Å²) in [4.78, 5) is 0. The number of hydrogen-bond donors (Lipinski definition) is 0. The third-order valence-corrected chi connectivity index (χ3v) is 8.33. The lowest BCUT2D eigenvalue weighted by Crippen LogP contribution is -2.26. The summed E-state index contributed by atoms with van der Waals surface area (Å²) in [6.45, 7) is 8.70. The number of hydrogen-bond acceptors (Lipinski definition) is 1. The lowest BCUT2D eigenvalue weighted by Gasteiger charge is -2.31. The van der Waals surface area contributed by atoms with Gasteiger partial charge in [-0.25, -0.2) is 0 Å². The van der Waals surface area contributed by atoms with Gasteiger partial charge in [-0.05, 0) is 11.8 Å². The van der Waals surface area contributed by atoms with E-state index in [1.807, 2.05) is 30.3 Å². The molecule has 0 aliphatic carbocycles. The number of rotatable bonds is 3. The fourth-order valence-corrected chi connectivity index (χ4v) is 7.22. The van der Waals surface area contributed by atoms with Gasteiger partial charge in [-0.15, -0.1) is 0 Å². The SMILES string of the molecule is CC(C)[C@H]1C=C[C@@H](C(C)C)P1(=O)c1ccccc1. The molecular formula is C16H23OP. The van der Waals surface area contributed by atoms with Gasteiger partial charge in [0.05, 0.1) is 0 Å². The van der Waals surface area contributed by atoms with Crippen LogP contribution in [-0.4, -0.2) is 11.3 Å². The lowest BCUT2D eigenvalue weighted by molar-refractivity contribution is 0.542. The van der Waals surface area contributed by atoms with Crippen LogP contribution in [0.25, 0.3) is 0 Å². The Labute approximate surface area is 111 Å². The zero-order valence-electron chi connectivity index (χ0n) is 11.7. The summed E-state index contributed by atoms with van der Waals surface area (Å²) in [6.07, 6.45) is 4.40. The van der Waals surface area contributed by atoms with Crippen LogP contribution in [0, 0.1) is 11.8 Å². The van der Waals surface area contributed by atoms with Crippen molar-refractivity contribution in [3.63, 3.8) is 0 Å². The fourth-order valence-electron chi connectivity index (χ4n) is 3.02. The van der Waals surface area contributed by atoms with Gasteiger partial charge in [0.1, 0.15) is 7.14 Å². The van der Waals surface area contributed by atoms with E-state index in [9.17, 15) is 4.57 Å². The summed E-state index contributed by atoms with van der Waals surface area (Å²) in [7, 11) is -2.37. The first-order chi connectivity index (χ1) is 8.48. The van der Waals surface area contributed by atoms with E-state index in [4.69, 9.17) is 0 Å². The molecular weight excluding hydrogens is 239 g/mol. The van der Waals surface area contributed by atoms with Crippen molar-refractivity contribution < 1.29 is 4.57 Å². The summed E-state index contributed by atoms with van der Waals surface area (Å²) >= 11 is 0. The first kappa shape index (κ1) is 13.6. The van der Waals surface area contributed by atoms with Crippen LogP contribution in [0.2, 0.25) is 0 Å². The maximum absolute atomic E-state index is 13.7. The van der Waals surface area contributed by atoms with Gasteiger partial charge in [0.25, 0.3) is 0 Å². The third kappa shape index (κ3) is 2.10. The quantitative estimate of drug-likeness (QED) is 0.586. The monoisotopic (exact) mass is 262 g/mol. The van der Waals surface area contributed by atoms with E-state index >= 15 is 0 Å². The summed E-state index contributed by atoms with van der Waals surface area (Å²) < 4.78 is 13.7. The van der Waals surface area contributed by atoms with Crippen LogP contribution in [0.3, 0.4) is 0 Å². The van der Waals surface area contributed by atoms with Crippen molar-refractivity contribution in [1.82, 2.24) is 0 Å². The van der Waals surface area contributed by atoms with E-state index < -0.39 is 7.14 Å². The highest BCUT2D eigenvalue weighted by Crippen LogP contribution is 2.62. The lowest BCUT2D eigenvalue weighted by atomic mass is 10.1. The summed E-state index contributed by atoms with van der Waals surface area (Å²) in [6, 6.07) is 10.1. The Kier molecular flexibility index (Phi) is 3.82. The first-order valence-corrected chi connectivity index (χ1v) is 8.65. The minimum atomic E-state index is -2.37. The molecule has 0 amide bonds. The van der Waals surface area contributed by atoms with Crippen molar-refractivity contribution >= 4 is 12.4 Å². The first-order valence-electron chi connectivity index (χ1n) is 6.81. The largest absolute Gasteiger partial charge is 0.317 e. The van der Waals surface area contributed by atoms with E-state index in [-0.39, 0.29) is 11.3 Å². The zero-order valence-corrected chi connectivity index (χ0v) is 12.6. The van der Waals surface area contributed by atoms with Gasteiger partial charge in [-0.1, -0.05) is 70.2 Å². The summed E-state index contributed by atoms with van der Waals surface area (Å²) in [5, 5.41) is 1.05. The van der Waals surface area contributed by atoms with Gasteiger partial charge >= 0.3 is 0 Å². The highest BCUT2D eigenvalue weighted by Gasteiger charge is 2.45. The molecule has 0 aromatic heterocycles. The molecule has 1 nitrogen and oxygen atoms in total. The van der Waals surface area contributed by atoms with E-state index in [1.165, 1.54) is 0 Å². The average molecular weight is 262 g/mol. The molecule has 0 saturated heterocycles. The van der Waals surface area contributed by atoms with Gasteiger partial charge in [0, 0.05) is 16.6 Å². The highest BCUT2D eigenvalue weighted by molar-refractivity contribution is 7.73. The predicted octanol–water partition coefficient (Wildman–Crippen LogP) is 4.29. The van der Waals surface area contributed by atoms with Crippen molar-refractivity contribution in [3.8, 4) is 0 Å². The molecule has 1 heterocycles. The molecule has 98 valence electrons. The average Bonchev–Trinajstić information content (AvgIpc) is 2.69. The smallest absolute Gasteiger partial charge is 0.129 e. The van der Waals surface area contributed by atoms with Crippen LogP contribution in [-0.2, 0) is 4.57 Å². The van der Waals surface area contributed by atoms with Crippen LogP contribution in [0.4, 0.5) is 0 Å². The molecule has 0 saturated carbocycles. The number of benzene rings is 1. The van der Waals surface area contributed by atoms with E-state index in [0.717, 1.165) is 5.30 Å². The Morgan fingerprint density at radius 3 is 1.72 bits per heavy atom. The molecule has 0 radical (unpaired) electrons. The summed E-state index contributed by atoms with van der Waals surface area (Å²) in [5.41, 5.74) is 0.402. The second kappa shape index (κ2) is 5.05. The molecule has 1 aromatic rings. The Morgan fingerprint density at radius 2 is 1.33 bits per heavy atom. The van der Waals surface area contributed by atoms with Crippen LogP contribution in [0.5, 0.6) is 0 Å². The summed E-state index contributed by atoms with van der Waals surface area (Å²) in [5.74, 6) is 0.854. The topological polar surface area (TPSA) is 17.1 Å². The number of allylic oxidation sites excluding steroid dienone is 2. The Hall–Kier alpha value is -0.810. The van der Waals surface area contributed by atoms with Crippen LogP contribution in [0.15, 0.2) is 42.5 Å². The van der Waals surface area contributed by atoms with E-state index in [2.05, 4.69) is 39.8 Å². The fraction of sp³-hybridized carbons (Fsp3) is 0.500. The van der Waals surface area contributed by atoms with Gasteiger partial charge < -0.3 is 4.57 Å². The Balaban J connectivity index is 2.51. The third-order valence-electron chi connectivity index (χ3n) is 3.92. The van der Waals surface area contributed by atoms with Gasteiger partial charge in [0.2, 0.25) is 0 Å². The minimum Gasteiger partial charge on any atom is -0.317 e. The van der Waals surface area contributed by atoms with Crippen LogP contribution < -0.4 is 5.30 Å². The zero-order chi connectivity index (χ0) is 13.3. The molecule has 1 unspecified atom stereocenters. The molecule has 0 fully saturated rings. The molecule has 2 heteroatoms. The minimum absolute atomic E-state index is 0.201. The van der Waals surface area contributed by atoms with Crippen LogP contribution in [0.1, 0.15) is 27.7 Å². The molecule has 0 N–H and O–H groups in total. The molecule has 1 aliphatic rings. The predicted molar refractivity (Wildman–Crippen MR) is 80.1 cm³/mol. The maximum Gasteiger partial charge on any atom is 0.129 e. The molecule has 3 atom stereocenters. The Bertz CT molecular complexity index is 451. The second-order valence-electron chi connectivity index (χ2n) is 5.90. The molecule has 0 spiro atoms. The van der Waals surface area contributed by atoms with E-state index in [1.54, 1.807) is 0 Å². The van der Waals surface area contributed by atoms with Crippen molar-refractivity contribution in [2.24, 2.45) is 11.8 Å². The standard InChI is InChI=1S/C16H23OP/c1-12(2)15-10-11-16(13(3)4)18(15,17)14-8-6-5-7-9-14/h5-13,15-16H,1-4H3/t15-,16+,18?. The van der Waals surface area contributed by atoms with Crippen LogP contribution >= 0.6 is 7.14 Å². The maximum atomic E-state index is 13.7.